The van der Waals surface area contributed by atoms with E-state index in [9.17, 15) is 13.2 Å². The fraction of sp³-hybridized carbons (Fsp3) is 0.500. The molecule has 0 spiro atoms. The van der Waals surface area contributed by atoms with E-state index in [1.54, 1.807) is 6.07 Å². The molecule has 1 heterocycles. The molecule has 1 aliphatic heterocycles. The lowest BCUT2D eigenvalue weighted by Crippen LogP contribution is -2.27. The third-order valence-corrected chi connectivity index (χ3v) is 3.62. The molecule has 1 saturated heterocycles. The molecular formula is C14H17F3N2OS. The molecular weight excluding hydrogens is 301 g/mol. The van der Waals surface area contributed by atoms with Crippen molar-refractivity contribution in [3.05, 3.63) is 29.3 Å². The molecule has 1 unspecified atom stereocenters. The van der Waals surface area contributed by atoms with Gasteiger partial charge in [0.1, 0.15) is 4.99 Å². The highest BCUT2D eigenvalue weighted by Gasteiger charge is 2.34. The van der Waals surface area contributed by atoms with Crippen LogP contribution in [0.3, 0.4) is 0 Å². The minimum atomic E-state index is -4.49. The second kappa shape index (κ2) is 6.62. The van der Waals surface area contributed by atoms with Gasteiger partial charge in [-0.25, -0.2) is 0 Å². The quantitative estimate of drug-likeness (QED) is 0.836. The van der Waals surface area contributed by atoms with Gasteiger partial charge in [-0.2, -0.15) is 13.2 Å². The Morgan fingerprint density at radius 1 is 1.38 bits per heavy atom. The summed E-state index contributed by atoms with van der Waals surface area (Å²) in [7, 11) is 0. The summed E-state index contributed by atoms with van der Waals surface area (Å²) >= 11 is 4.67. The lowest BCUT2D eigenvalue weighted by molar-refractivity contribution is -0.137. The van der Waals surface area contributed by atoms with E-state index in [1.165, 1.54) is 6.07 Å². The van der Waals surface area contributed by atoms with Crippen LogP contribution in [0, 0.1) is 0 Å². The van der Waals surface area contributed by atoms with Gasteiger partial charge in [0.05, 0.1) is 11.7 Å². The van der Waals surface area contributed by atoms with Crippen LogP contribution in [-0.2, 0) is 10.9 Å². The SMILES string of the molecule is NC(=S)c1ccc(NCC2CCCCO2)cc1C(F)(F)F. The molecule has 2 rings (SSSR count). The molecule has 0 aromatic heterocycles. The highest BCUT2D eigenvalue weighted by atomic mass is 32.1. The molecule has 0 amide bonds. The van der Waals surface area contributed by atoms with E-state index in [0.29, 0.717) is 18.8 Å². The summed E-state index contributed by atoms with van der Waals surface area (Å²) in [4.78, 5) is -0.260. The van der Waals surface area contributed by atoms with E-state index in [2.05, 4.69) is 17.5 Å². The fourth-order valence-corrected chi connectivity index (χ4v) is 2.48. The Bertz CT molecular complexity index is 513. The molecule has 1 aromatic carbocycles. The van der Waals surface area contributed by atoms with Crippen molar-refractivity contribution in [3.63, 3.8) is 0 Å². The van der Waals surface area contributed by atoms with Crippen LogP contribution in [0.4, 0.5) is 18.9 Å². The smallest absolute Gasteiger partial charge is 0.389 e. The lowest BCUT2D eigenvalue weighted by Gasteiger charge is -2.23. The number of anilines is 1. The molecule has 0 aliphatic carbocycles. The van der Waals surface area contributed by atoms with Crippen molar-refractivity contribution in [2.45, 2.75) is 31.5 Å². The molecule has 3 N–H and O–H groups in total. The summed E-state index contributed by atoms with van der Waals surface area (Å²) < 4.78 is 44.6. The first-order chi connectivity index (χ1) is 9.88. The predicted octanol–water partition coefficient (Wildman–Crippen LogP) is 3.32. The van der Waals surface area contributed by atoms with Crippen LogP contribution < -0.4 is 11.1 Å². The average Bonchev–Trinajstić information content (AvgIpc) is 2.45. The van der Waals surface area contributed by atoms with E-state index < -0.39 is 11.7 Å². The fourth-order valence-electron chi connectivity index (χ4n) is 2.30. The molecule has 1 aliphatic rings. The van der Waals surface area contributed by atoms with Gasteiger partial charge in [0.25, 0.3) is 0 Å². The van der Waals surface area contributed by atoms with Gasteiger partial charge in [0, 0.05) is 24.4 Å². The molecule has 1 aromatic rings. The van der Waals surface area contributed by atoms with E-state index in [1.807, 2.05) is 0 Å². The zero-order valence-corrected chi connectivity index (χ0v) is 12.2. The Morgan fingerprint density at radius 3 is 2.71 bits per heavy atom. The van der Waals surface area contributed by atoms with Gasteiger partial charge in [-0.1, -0.05) is 12.2 Å². The maximum atomic E-state index is 13.0. The van der Waals surface area contributed by atoms with Crippen molar-refractivity contribution in [1.29, 1.82) is 0 Å². The number of thiocarbonyl (C=S) groups is 1. The number of rotatable bonds is 4. The highest BCUT2D eigenvalue weighted by molar-refractivity contribution is 7.80. The highest BCUT2D eigenvalue weighted by Crippen LogP contribution is 2.34. The van der Waals surface area contributed by atoms with Crippen molar-refractivity contribution in [2.75, 3.05) is 18.5 Å². The van der Waals surface area contributed by atoms with Crippen molar-refractivity contribution in [1.82, 2.24) is 0 Å². The Morgan fingerprint density at radius 2 is 2.14 bits per heavy atom. The first-order valence-corrected chi connectivity index (χ1v) is 7.15. The molecule has 116 valence electrons. The molecule has 1 fully saturated rings. The van der Waals surface area contributed by atoms with Crippen molar-refractivity contribution >= 4 is 22.9 Å². The molecule has 3 nitrogen and oxygen atoms in total. The third kappa shape index (κ3) is 4.31. The van der Waals surface area contributed by atoms with E-state index in [-0.39, 0.29) is 16.7 Å². The monoisotopic (exact) mass is 318 g/mol. The topological polar surface area (TPSA) is 47.3 Å². The molecule has 21 heavy (non-hydrogen) atoms. The minimum absolute atomic E-state index is 0.0448. The van der Waals surface area contributed by atoms with Crippen molar-refractivity contribution in [2.24, 2.45) is 5.73 Å². The van der Waals surface area contributed by atoms with Crippen LogP contribution in [0.5, 0.6) is 0 Å². The van der Waals surface area contributed by atoms with Crippen LogP contribution >= 0.6 is 12.2 Å². The summed E-state index contributed by atoms with van der Waals surface area (Å²) in [6.07, 6.45) is -1.40. The second-order valence-electron chi connectivity index (χ2n) is 4.99. The zero-order valence-electron chi connectivity index (χ0n) is 11.4. The number of alkyl halides is 3. The van der Waals surface area contributed by atoms with Gasteiger partial charge in [-0.05, 0) is 37.5 Å². The summed E-state index contributed by atoms with van der Waals surface area (Å²) in [5.74, 6) is 0. The first kappa shape index (κ1) is 16.0. The Hall–Kier alpha value is -1.34. The van der Waals surface area contributed by atoms with Crippen LogP contribution in [0.25, 0.3) is 0 Å². The average molecular weight is 318 g/mol. The van der Waals surface area contributed by atoms with E-state index >= 15 is 0 Å². The Balaban J connectivity index is 2.11. The van der Waals surface area contributed by atoms with Gasteiger partial charge in [0.15, 0.2) is 0 Å². The van der Waals surface area contributed by atoms with Crippen LogP contribution in [0.15, 0.2) is 18.2 Å². The molecule has 0 bridgehead atoms. The largest absolute Gasteiger partial charge is 0.417 e. The number of nitrogens with two attached hydrogens (primary N) is 1. The standard InChI is InChI=1S/C14H17F3N2OS/c15-14(16,17)12-7-9(4-5-11(12)13(18)21)19-8-10-3-1-2-6-20-10/h4-5,7,10,19H,1-3,6,8H2,(H2,18,21). The first-order valence-electron chi connectivity index (χ1n) is 6.74. The minimum Gasteiger partial charge on any atom is -0.389 e. The van der Waals surface area contributed by atoms with Gasteiger partial charge >= 0.3 is 6.18 Å². The van der Waals surface area contributed by atoms with Crippen LogP contribution in [0.2, 0.25) is 0 Å². The van der Waals surface area contributed by atoms with Gasteiger partial charge in [0.2, 0.25) is 0 Å². The van der Waals surface area contributed by atoms with E-state index in [4.69, 9.17) is 10.5 Å². The maximum Gasteiger partial charge on any atom is 0.417 e. The molecule has 0 radical (unpaired) electrons. The Kier molecular flexibility index (Phi) is 5.05. The van der Waals surface area contributed by atoms with Crippen molar-refractivity contribution in [3.8, 4) is 0 Å². The molecule has 1 atom stereocenters. The molecule has 0 saturated carbocycles. The predicted molar refractivity (Wildman–Crippen MR) is 79.4 cm³/mol. The van der Waals surface area contributed by atoms with Gasteiger partial charge in [-0.3, -0.25) is 0 Å². The van der Waals surface area contributed by atoms with E-state index in [0.717, 1.165) is 25.3 Å². The van der Waals surface area contributed by atoms with Crippen molar-refractivity contribution < 1.29 is 17.9 Å². The lowest BCUT2D eigenvalue weighted by atomic mass is 10.1. The summed E-state index contributed by atoms with van der Waals surface area (Å²) in [5, 5.41) is 2.98. The number of ether oxygens (including phenoxy) is 1. The second-order valence-corrected chi connectivity index (χ2v) is 5.43. The van der Waals surface area contributed by atoms with Gasteiger partial charge in [-0.15, -0.1) is 0 Å². The number of halogens is 3. The maximum absolute atomic E-state index is 13.0. The third-order valence-electron chi connectivity index (χ3n) is 3.40. The Labute approximate surface area is 126 Å². The number of hydrogen-bond donors (Lipinski definition) is 2. The number of hydrogen-bond acceptors (Lipinski definition) is 3. The number of benzene rings is 1. The van der Waals surface area contributed by atoms with Gasteiger partial charge < -0.3 is 15.8 Å². The number of nitrogens with one attached hydrogen (secondary N) is 1. The summed E-state index contributed by atoms with van der Waals surface area (Å²) in [6, 6.07) is 3.89. The zero-order chi connectivity index (χ0) is 15.5. The molecule has 7 heteroatoms. The van der Waals surface area contributed by atoms with Crippen LogP contribution in [0.1, 0.15) is 30.4 Å². The van der Waals surface area contributed by atoms with Crippen LogP contribution in [-0.4, -0.2) is 24.2 Å². The summed E-state index contributed by atoms with van der Waals surface area (Å²) in [5.41, 5.74) is 4.76. The summed E-state index contributed by atoms with van der Waals surface area (Å²) in [6.45, 7) is 1.20. The normalized spacial score (nSPS) is 19.3.